The average molecular weight is 698 g/mol. The zero-order chi connectivity index (χ0) is 37.4. The average Bonchev–Trinajstić information content (AvgIpc) is 3.82. The van der Waals surface area contributed by atoms with E-state index in [1.54, 1.807) is 5.57 Å². The highest BCUT2D eigenvalue weighted by Gasteiger charge is 2.44. The topological polar surface area (TPSA) is 18.1 Å². The fourth-order valence-electron chi connectivity index (χ4n) is 10.4. The van der Waals surface area contributed by atoms with E-state index in [1.807, 2.05) is 26.0 Å². The van der Waals surface area contributed by atoms with Gasteiger partial charge >= 0.3 is 0 Å². The molecule has 0 radical (unpaired) electrons. The summed E-state index contributed by atoms with van der Waals surface area (Å²) in [5.74, 6) is 1.56. The quantitative estimate of drug-likeness (QED) is 0.167. The van der Waals surface area contributed by atoms with E-state index in [0.29, 0.717) is 5.92 Å². The second kappa shape index (κ2) is 12.9. The van der Waals surface area contributed by atoms with Crippen LogP contribution in [-0.2, 0) is 18.3 Å². The maximum atomic E-state index is 6.51. The van der Waals surface area contributed by atoms with Crippen LogP contribution in [-0.4, -0.2) is 4.57 Å². The van der Waals surface area contributed by atoms with Crippen molar-refractivity contribution < 1.29 is 4.42 Å². The Morgan fingerprint density at radius 1 is 0.868 bits per heavy atom. The van der Waals surface area contributed by atoms with Crippen LogP contribution in [0.2, 0.25) is 0 Å². The summed E-state index contributed by atoms with van der Waals surface area (Å²) in [7, 11) is 0. The number of rotatable bonds is 5. The van der Waals surface area contributed by atoms with Gasteiger partial charge in [0.25, 0.3) is 0 Å². The van der Waals surface area contributed by atoms with E-state index in [2.05, 4.69) is 139 Å². The number of para-hydroxylation sites is 1. The molecule has 1 atom stereocenters. The van der Waals surface area contributed by atoms with Crippen LogP contribution in [0.4, 0.5) is 0 Å². The van der Waals surface area contributed by atoms with Gasteiger partial charge in [-0.1, -0.05) is 120 Å². The van der Waals surface area contributed by atoms with Gasteiger partial charge in [-0.15, -0.1) is 0 Å². The molecular formula is C51H55NO. The largest absolute Gasteiger partial charge is 0.460 e. The molecule has 53 heavy (non-hydrogen) atoms. The van der Waals surface area contributed by atoms with E-state index in [4.69, 9.17) is 4.42 Å². The molecule has 9 rings (SSSR count). The third-order valence-electron chi connectivity index (χ3n) is 13.2. The molecule has 0 N–H and O–H groups in total. The first-order valence-corrected chi connectivity index (χ1v) is 19.9. The highest BCUT2D eigenvalue weighted by atomic mass is 16.3. The molecule has 270 valence electrons. The number of benzene rings is 3. The molecule has 1 unspecified atom stereocenters. The second-order valence-corrected chi connectivity index (χ2v) is 16.5. The van der Waals surface area contributed by atoms with E-state index in [0.717, 1.165) is 43.4 Å². The Morgan fingerprint density at radius 2 is 1.64 bits per heavy atom. The molecule has 0 saturated carbocycles. The van der Waals surface area contributed by atoms with Crippen molar-refractivity contribution in [3.05, 3.63) is 153 Å². The normalized spacial score (nSPS) is 19.3. The van der Waals surface area contributed by atoms with Crippen LogP contribution >= 0.6 is 0 Å². The van der Waals surface area contributed by atoms with Gasteiger partial charge in [-0.05, 0) is 127 Å². The van der Waals surface area contributed by atoms with Crippen LogP contribution in [0.15, 0.2) is 124 Å². The van der Waals surface area contributed by atoms with Gasteiger partial charge in [0.05, 0.1) is 5.52 Å². The molecule has 4 aliphatic rings. The van der Waals surface area contributed by atoms with Crippen LogP contribution in [0.3, 0.4) is 0 Å². The number of hydrogen-bond acceptors (Lipinski definition) is 1. The second-order valence-electron chi connectivity index (χ2n) is 16.5. The van der Waals surface area contributed by atoms with Crippen molar-refractivity contribution in [1.29, 1.82) is 0 Å². The van der Waals surface area contributed by atoms with Crippen molar-refractivity contribution in [2.24, 2.45) is 11.3 Å². The lowest BCUT2D eigenvalue weighted by Gasteiger charge is -2.34. The van der Waals surface area contributed by atoms with Gasteiger partial charge in [0, 0.05) is 44.3 Å². The standard InChI is InChI=1S/C47H47NO.C4H8/c1-9-31-27(4)49-45-35(31)21-22-39-44(45)36-20-18-30(26-41(36)47(39,7)8)48-42-15-13-12-14-34(42)37-24-28(17-23-43(37)48)29-16-19-33-32(10-2)38(11-3)46(5,6)40(33)25-29;1-3-4-2/h10,12-16,18-22,24,26,40H,2,9,11,17,23,25H2,1,3-8H3;3-4H,1-2H3/b;4-3-. The maximum Gasteiger partial charge on any atom is 0.142 e. The minimum absolute atomic E-state index is 0.121. The molecule has 0 saturated heterocycles. The fraction of sp³-hybridized carbons (Fsp3) is 0.333. The molecule has 0 bridgehead atoms. The zero-order valence-electron chi connectivity index (χ0n) is 33.3. The van der Waals surface area contributed by atoms with Gasteiger partial charge in [0.1, 0.15) is 11.3 Å². The van der Waals surface area contributed by atoms with Crippen LogP contribution < -0.4 is 0 Å². The van der Waals surface area contributed by atoms with Crippen molar-refractivity contribution >= 4 is 27.9 Å². The van der Waals surface area contributed by atoms with Crippen molar-refractivity contribution in [2.75, 3.05) is 0 Å². The van der Waals surface area contributed by atoms with Gasteiger partial charge in [0.15, 0.2) is 0 Å². The highest BCUT2D eigenvalue weighted by Crippen LogP contribution is 2.57. The summed E-state index contributed by atoms with van der Waals surface area (Å²) >= 11 is 0. The minimum Gasteiger partial charge on any atom is -0.460 e. The van der Waals surface area contributed by atoms with Gasteiger partial charge in [-0.25, -0.2) is 0 Å². The van der Waals surface area contributed by atoms with Crippen molar-refractivity contribution in [1.82, 2.24) is 4.57 Å². The van der Waals surface area contributed by atoms with Crippen molar-refractivity contribution in [2.45, 2.75) is 99.8 Å². The molecule has 0 fully saturated rings. The molecule has 0 aliphatic heterocycles. The number of aryl methyl sites for hydroxylation is 2. The molecule has 2 heteroatoms. The summed E-state index contributed by atoms with van der Waals surface area (Å²) in [6.45, 7) is 24.5. The summed E-state index contributed by atoms with van der Waals surface area (Å²) in [5, 5.41) is 2.61. The predicted molar refractivity (Wildman–Crippen MR) is 227 cm³/mol. The first kappa shape index (κ1) is 35.2. The van der Waals surface area contributed by atoms with Gasteiger partial charge in [-0.3, -0.25) is 0 Å². The Kier molecular flexibility index (Phi) is 8.60. The van der Waals surface area contributed by atoms with Crippen molar-refractivity contribution in [3.63, 3.8) is 0 Å². The lowest BCUT2D eigenvalue weighted by Crippen LogP contribution is -2.24. The van der Waals surface area contributed by atoms with E-state index in [-0.39, 0.29) is 10.8 Å². The molecular weight excluding hydrogens is 643 g/mol. The van der Waals surface area contributed by atoms with Gasteiger partial charge in [-0.2, -0.15) is 0 Å². The van der Waals surface area contributed by atoms with E-state index in [9.17, 15) is 0 Å². The minimum atomic E-state index is -0.121. The smallest absolute Gasteiger partial charge is 0.142 e. The molecule has 4 aliphatic carbocycles. The molecule has 5 aromatic rings. The van der Waals surface area contributed by atoms with Crippen LogP contribution in [0.5, 0.6) is 0 Å². The number of fused-ring (bicyclic) bond motifs is 9. The first-order valence-electron chi connectivity index (χ1n) is 19.9. The summed E-state index contributed by atoms with van der Waals surface area (Å²) in [5.41, 5.74) is 20.6. The third kappa shape index (κ3) is 5.12. The van der Waals surface area contributed by atoms with Gasteiger partial charge < -0.3 is 8.98 Å². The monoisotopic (exact) mass is 697 g/mol. The summed E-state index contributed by atoms with van der Waals surface area (Å²) in [6.07, 6.45) is 18.7. The molecule has 0 amide bonds. The van der Waals surface area contributed by atoms with E-state index >= 15 is 0 Å². The van der Waals surface area contributed by atoms with Crippen LogP contribution in [0.1, 0.15) is 108 Å². The molecule has 2 nitrogen and oxygen atoms in total. The third-order valence-corrected chi connectivity index (χ3v) is 13.2. The Morgan fingerprint density at radius 3 is 2.36 bits per heavy atom. The molecule has 0 spiro atoms. The molecule has 3 aromatic carbocycles. The summed E-state index contributed by atoms with van der Waals surface area (Å²) in [4.78, 5) is 0. The number of nitrogens with zero attached hydrogens (tertiary/aromatic N) is 1. The fourth-order valence-corrected chi connectivity index (χ4v) is 10.4. The van der Waals surface area contributed by atoms with Crippen LogP contribution in [0, 0.1) is 18.3 Å². The predicted octanol–water partition coefficient (Wildman–Crippen LogP) is 14.3. The van der Waals surface area contributed by atoms with Crippen molar-refractivity contribution in [3.8, 4) is 16.8 Å². The Labute approximate surface area is 317 Å². The lowest BCUT2D eigenvalue weighted by molar-refractivity contribution is 0.319. The van der Waals surface area contributed by atoms with E-state index < -0.39 is 0 Å². The summed E-state index contributed by atoms with van der Waals surface area (Å²) in [6, 6.07) is 20.8. The van der Waals surface area contributed by atoms with E-state index in [1.165, 1.54) is 83.3 Å². The first-order chi connectivity index (χ1) is 25.5. The van der Waals surface area contributed by atoms with Gasteiger partial charge in [0.2, 0.25) is 0 Å². The molecule has 2 aromatic heterocycles. The maximum absolute atomic E-state index is 6.51. The van der Waals surface area contributed by atoms with Crippen LogP contribution in [0.25, 0.3) is 44.8 Å². The zero-order valence-corrected chi connectivity index (χ0v) is 33.3. The Hall–Kier alpha value is -4.82. The highest BCUT2D eigenvalue weighted by molar-refractivity contribution is 6.01. The Balaban J connectivity index is 0.000000954. The SMILES string of the molecule is C/C=C\C.C=CC1=C(CC)C(C)(C)C2CC(C3=Cc4c(n(-c5ccc6c(c5)C(C)(C)c5ccc7c(CC)c(C)oc7c5-6)c5ccccc45)CC3)=CC=C12. The summed E-state index contributed by atoms with van der Waals surface area (Å²) < 4.78 is 9.06. The number of allylic oxidation sites excluding steroid dienone is 10. The Bertz CT molecular complexity index is 2490. The number of hydrogen-bond donors (Lipinski definition) is 0. The number of furan rings is 1. The molecule has 2 heterocycles. The lowest BCUT2D eigenvalue weighted by atomic mass is 9.70. The number of aromatic nitrogens is 1.